The van der Waals surface area contributed by atoms with E-state index >= 15 is 0 Å². The summed E-state index contributed by atoms with van der Waals surface area (Å²) in [5, 5.41) is 10.2. The Bertz CT molecular complexity index is 684. The van der Waals surface area contributed by atoms with Crippen molar-refractivity contribution in [1.82, 2.24) is 25.3 Å². The summed E-state index contributed by atoms with van der Waals surface area (Å²) < 4.78 is 10.4. The lowest BCUT2D eigenvalue weighted by Gasteiger charge is -2.21. The van der Waals surface area contributed by atoms with Crippen LogP contribution in [-0.2, 0) is 17.7 Å². The summed E-state index contributed by atoms with van der Waals surface area (Å²) >= 11 is 1.62. The molecular weight excluding hydrogens is 340 g/mol. The highest BCUT2D eigenvalue weighted by Crippen LogP contribution is 2.20. The normalized spacial score (nSPS) is 13.1. The number of nitrogens with zero attached hydrogens (tertiary/aromatic N) is 5. The van der Waals surface area contributed by atoms with Gasteiger partial charge in [0.1, 0.15) is 11.1 Å². The molecule has 0 saturated heterocycles. The fraction of sp³-hybridized carbons (Fsp3) is 0.625. The fourth-order valence-corrected chi connectivity index (χ4v) is 3.11. The van der Waals surface area contributed by atoms with Crippen molar-refractivity contribution in [3.63, 3.8) is 0 Å². The van der Waals surface area contributed by atoms with E-state index in [9.17, 15) is 0 Å². The van der Waals surface area contributed by atoms with Crippen molar-refractivity contribution in [1.29, 1.82) is 0 Å². The van der Waals surface area contributed by atoms with Gasteiger partial charge in [-0.3, -0.25) is 4.99 Å². The van der Waals surface area contributed by atoms with Gasteiger partial charge in [0.2, 0.25) is 5.89 Å². The van der Waals surface area contributed by atoms with Crippen LogP contribution in [0.25, 0.3) is 0 Å². The number of thiazole rings is 1. The third-order valence-corrected chi connectivity index (χ3v) is 4.72. The van der Waals surface area contributed by atoms with E-state index in [0.29, 0.717) is 18.3 Å². The first-order chi connectivity index (χ1) is 12.0. The predicted molar refractivity (Wildman–Crippen MR) is 97.7 cm³/mol. The van der Waals surface area contributed by atoms with Crippen LogP contribution in [0, 0.1) is 6.92 Å². The van der Waals surface area contributed by atoms with Gasteiger partial charge in [0.15, 0.2) is 11.8 Å². The molecule has 2 heterocycles. The van der Waals surface area contributed by atoms with Crippen LogP contribution in [0.3, 0.4) is 0 Å². The summed E-state index contributed by atoms with van der Waals surface area (Å²) in [4.78, 5) is 15.2. The quantitative estimate of drug-likeness (QED) is 0.435. The Labute approximate surface area is 152 Å². The largest absolute Gasteiger partial charge is 0.375 e. The molecule has 0 fully saturated rings. The standard InChI is InChI=1S/C16H26N6O2S/c1-11(23-5)15-20-13(10-25-15)9-22(4)16(17-3)18-8-6-7-14-19-12(2)21-24-14/h10-11H,6-9H2,1-5H3,(H,17,18). The average molecular weight is 366 g/mol. The molecular formula is C16H26N6O2S. The SMILES string of the molecule is CN=C(NCCCc1nc(C)no1)N(C)Cc1csc(C(C)OC)n1. The molecule has 2 rings (SSSR count). The van der Waals surface area contributed by atoms with Gasteiger partial charge in [0.05, 0.1) is 12.2 Å². The van der Waals surface area contributed by atoms with Crippen molar-refractivity contribution in [2.24, 2.45) is 4.99 Å². The predicted octanol–water partition coefficient (Wildman–Crippen LogP) is 2.18. The van der Waals surface area contributed by atoms with E-state index in [0.717, 1.165) is 36.0 Å². The van der Waals surface area contributed by atoms with Gasteiger partial charge in [-0.1, -0.05) is 5.16 Å². The Hall–Kier alpha value is -2.00. The highest BCUT2D eigenvalue weighted by molar-refractivity contribution is 7.09. The summed E-state index contributed by atoms with van der Waals surface area (Å²) in [5.41, 5.74) is 1.01. The molecule has 0 aromatic carbocycles. The number of ether oxygens (including phenoxy) is 1. The molecule has 138 valence electrons. The topological polar surface area (TPSA) is 88.7 Å². The molecule has 0 aliphatic heterocycles. The van der Waals surface area contributed by atoms with Gasteiger partial charge in [-0.15, -0.1) is 11.3 Å². The average Bonchev–Trinajstić information content (AvgIpc) is 3.23. The summed E-state index contributed by atoms with van der Waals surface area (Å²) in [7, 11) is 5.47. The van der Waals surface area contributed by atoms with Crippen LogP contribution in [0.5, 0.6) is 0 Å². The molecule has 0 radical (unpaired) electrons. The van der Waals surface area contributed by atoms with E-state index in [1.807, 2.05) is 25.8 Å². The molecule has 0 amide bonds. The molecule has 9 heteroatoms. The van der Waals surface area contributed by atoms with E-state index < -0.39 is 0 Å². The van der Waals surface area contributed by atoms with Crippen molar-refractivity contribution in [3.8, 4) is 0 Å². The van der Waals surface area contributed by atoms with Crippen LogP contribution in [0.15, 0.2) is 14.9 Å². The number of hydrogen-bond acceptors (Lipinski definition) is 7. The zero-order valence-electron chi connectivity index (χ0n) is 15.4. The first-order valence-electron chi connectivity index (χ1n) is 8.21. The Morgan fingerprint density at radius 1 is 1.48 bits per heavy atom. The fourth-order valence-electron chi connectivity index (χ4n) is 2.27. The third-order valence-electron chi connectivity index (χ3n) is 3.66. The highest BCUT2D eigenvalue weighted by atomic mass is 32.1. The second-order valence-electron chi connectivity index (χ2n) is 5.72. The summed E-state index contributed by atoms with van der Waals surface area (Å²) in [5.74, 6) is 2.17. The summed E-state index contributed by atoms with van der Waals surface area (Å²) in [6.45, 7) is 5.29. The zero-order valence-corrected chi connectivity index (χ0v) is 16.3. The van der Waals surface area contributed by atoms with Crippen molar-refractivity contribution in [2.75, 3.05) is 27.7 Å². The minimum absolute atomic E-state index is 0.0230. The minimum Gasteiger partial charge on any atom is -0.375 e. The van der Waals surface area contributed by atoms with Gasteiger partial charge >= 0.3 is 0 Å². The van der Waals surface area contributed by atoms with Crippen LogP contribution in [0.1, 0.15) is 41.9 Å². The molecule has 25 heavy (non-hydrogen) atoms. The Morgan fingerprint density at radius 3 is 2.92 bits per heavy atom. The number of guanidine groups is 1. The molecule has 0 spiro atoms. The maximum absolute atomic E-state index is 5.31. The molecule has 0 saturated carbocycles. The summed E-state index contributed by atoms with van der Waals surface area (Å²) in [6, 6.07) is 0. The van der Waals surface area contributed by atoms with Crippen LogP contribution < -0.4 is 5.32 Å². The lowest BCUT2D eigenvalue weighted by molar-refractivity contribution is 0.119. The number of nitrogens with one attached hydrogen (secondary N) is 1. The number of rotatable bonds is 8. The molecule has 1 unspecified atom stereocenters. The maximum Gasteiger partial charge on any atom is 0.226 e. The molecule has 8 nitrogen and oxygen atoms in total. The van der Waals surface area contributed by atoms with Crippen molar-refractivity contribution in [3.05, 3.63) is 27.8 Å². The number of aryl methyl sites for hydroxylation is 2. The van der Waals surface area contributed by atoms with Crippen LogP contribution in [0.2, 0.25) is 0 Å². The first kappa shape index (κ1) is 19.3. The van der Waals surface area contributed by atoms with Gasteiger partial charge in [-0.05, 0) is 20.3 Å². The lowest BCUT2D eigenvalue weighted by atomic mass is 10.3. The minimum atomic E-state index is 0.0230. The van der Waals surface area contributed by atoms with Gasteiger partial charge in [-0.25, -0.2) is 4.98 Å². The molecule has 0 bridgehead atoms. The Balaban J connectivity index is 1.78. The van der Waals surface area contributed by atoms with E-state index in [1.54, 1.807) is 25.5 Å². The van der Waals surface area contributed by atoms with Gasteiger partial charge in [0.25, 0.3) is 0 Å². The van der Waals surface area contributed by atoms with E-state index in [1.165, 1.54) is 0 Å². The highest BCUT2D eigenvalue weighted by Gasteiger charge is 2.12. The van der Waals surface area contributed by atoms with E-state index in [2.05, 4.69) is 30.8 Å². The number of aliphatic imine (C=N–C) groups is 1. The van der Waals surface area contributed by atoms with Crippen molar-refractivity contribution < 1.29 is 9.26 Å². The smallest absolute Gasteiger partial charge is 0.226 e. The monoisotopic (exact) mass is 366 g/mol. The molecule has 2 aromatic rings. The van der Waals surface area contributed by atoms with Crippen LogP contribution in [-0.4, -0.2) is 53.7 Å². The molecule has 0 aliphatic carbocycles. The van der Waals surface area contributed by atoms with Gasteiger partial charge in [0, 0.05) is 39.6 Å². The number of aromatic nitrogens is 3. The Morgan fingerprint density at radius 2 is 2.28 bits per heavy atom. The van der Waals surface area contributed by atoms with Crippen LogP contribution >= 0.6 is 11.3 Å². The number of hydrogen-bond donors (Lipinski definition) is 1. The molecule has 2 aromatic heterocycles. The van der Waals surface area contributed by atoms with E-state index in [4.69, 9.17) is 9.26 Å². The van der Waals surface area contributed by atoms with Gasteiger partial charge in [-0.2, -0.15) is 4.98 Å². The third kappa shape index (κ3) is 5.79. The maximum atomic E-state index is 5.31. The molecule has 0 aliphatic rings. The first-order valence-corrected chi connectivity index (χ1v) is 9.09. The second kappa shape index (κ2) is 9.47. The molecule has 1 N–H and O–H groups in total. The second-order valence-corrected chi connectivity index (χ2v) is 6.61. The number of methoxy groups -OCH3 is 1. The summed E-state index contributed by atoms with van der Waals surface area (Å²) in [6.07, 6.45) is 1.66. The van der Waals surface area contributed by atoms with Crippen LogP contribution in [0.4, 0.5) is 0 Å². The Kier molecular flexibility index (Phi) is 7.32. The van der Waals surface area contributed by atoms with Crippen molar-refractivity contribution in [2.45, 2.75) is 39.3 Å². The lowest BCUT2D eigenvalue weighted by Crippen LogP contribution is -2.39. The molecule has 1 atom stereocenters. The van der Waals surface area contributed by atoms with Gasteiger partial charge < -0.3 is 19.5 Å². The van der Waals surface area contributed by atoms with E-state index in [-0.39, 0.29) is 6.10 Å². The zero-order chi connectivity index (χ0) is 18.2. The van der Waals surface area contributed by atoms with Crippen molar-refractivity contribution >= 4 is 17.3 Å².